The van der Waals surface area contributed by atoms with Crippen LogP contribution in [0.3, 0.4) is 0 Å². The first-order chi connectivity index (χ1) is 20.7. The van der Waals surface area contributed by atoms with Gasteiger partial charge in [-0.1, -0.05) is 37.8 Å². The standard InChI is InChI=1S/C31H29N5O6S.CH4/c1-41-24-13-10-20(11-14-24)12-15-29(38)32-21-6-5-7-26(18-21)43(39,40)36-31-30(34-27-8-3-4-9-28(27)35-31)33-22-16-23(37)19-25(17-22)42-2;/h3-11,13-14,16-19,37H,12,15H2,1-2H3,(H,32,38)(H,33,34)(H,35,36);1H4. The molecule has 44 heavy (non-hydrogen) atoms. The van der Waals surface area contributed by atoms with Crippen LogP contribution >= 0.6 is 0 Å². The van der Waals surface area contributed by atoms with E-state index in [9.17, 15) is 18.3 Å². The molecule has 0 bridgehead atoms. The topological polar surface area (TPSA) is 152 Å². The van der Waals surface area contributed by atoms with Gasteiger partial charge >= 0.3 is 0 Å². The zero-order valence-electron chi connectivity index (χ0n) is 23.4. The zero-order valence-corrected chi connectivity index (χ0v) is 24.2. The molecule has 228 valence electrons. The van der Waals surface area contributed by atoms with Crippen LogP contribution in [0.5, 0.6) is 17.2 Å². The molecule has 5 aromatic rings. The lowest BCUT2D eigenvalue weighted by atomic mass is 10.1. The van der Waals surface area contributed by atoms with Crippen LogP contribution in [-0.4, -0.2) is 43.6 Å². The SMILES string of the molecule is C.COc1ccc(CCC(=O)Nc2cccc(S(=O)(=O)Nc3nc4ccccc4nc3Nc3cc(O)cc(OC)c3)c2)cc1. The number of aryl methyl sites for hydroxylation is 1. The fraction of sp³-hybridized carbons (Fsp3) is 0.156. The van der Waals surface area contributed by atoms with Gasteiger partial charge in [-0.3, -0.25) is 9.52 Å². The molecular formula is C32H33N5O6S. The van der Waals surface area contributed by atoms with E-state index in [1.165, 1.54) is 37.4 Å². The minimum absolute atomic E-state index is 0. The van der Waals surface area contributed by atoms with E-state index in [4.69, 9.17) is 9.47 Å². The van der Waals surface area contributed by atoms with Crippen molar-refractivity contribution in [1.82, 2.24) is 9.97 Å². The van der Waals surface area contributed by atoms with Gasteiger partial charge in [0.1, 0.15) is 17.2 Å². The van der Waals surface area contributed by atoms with Crippen LogP contribution in [-0.2, 0) is 21.2 Å². The van der Waals surface area contributed by atoms with Gasteiger partial charge in [-0.25, -0.2) is 18.4 Å². The molecule has 0 saturated carbocycles. The Morgan fingerprint density at radius 3 is 2.16 bits per heavy atom. The van der Waals surface area contributed by atoms with Crippen LogP contribution in [0.25, 0.3) is 11.0 Å². The number of hydrogen-bond acceptors (Lipinski definition) is 9. The third kappa shape index (κ3) is 7.72. The summed E-state index contributed by atoms with van der Waals surface area (Å²) in [7, 11) is -1.11. The molecule has 0 radical (unpaired) electrons. The van der Waals surface area contributed by atoms with Gasteiger partial charge in [0.25, 0.3) is 10.0 Å². The molecule has 0 fully saturated rings. The Balaban J connectivity index is 0.00000442. The Labute approximate surface area is 256 Å². The molecule has 0 aliphatic carbocycles. The number of nitrogens with one attached hydrogen (secondary N) is 3. The Kier molecular flexibility index (Phi) is 9.86. The van der Waals surface area contributed by atoms with Gasteiger partial charge in [-0.2, -0.15) is 0 Å². The summed E-state index contributed by atoms with van der Waals surface area (Å²) in [6.07, 6.45) is 0.722. The Bertz CT molecular complexity index is 1880. The maximum atomic E-state index is 13.5. The highest BCUT2D eigenvalue weighted by Crippen LogP contribution is 2.31. The predicted octanol–water partition coefficient (Wildman–Crippen LogP) is 6.10. The summed E-state index contributed by atoms with van der Waals surface area (Å²) in [5.74, 6) is 0.860. The maximum Gasteiger partial charge on any atom is 0.263 e. The molecule has 12 heteroatoms. The molecule has 1 amide bonds. The second kappa shape index (κ2) is 13.7. The molecule has 0 atom stereocenters. The third-order valence-electron chi connectivity index (χ3n) is 6.42. The zero-order chi connectivity index (χ0) is 30.4. The number of aromatic nitrogens is 2. The van der Waals surface area contributed by atoms with E-state index in [-0.39, 0.29) is 42.0 Å². The number of rotatable bonds is 11. The third-order valence-corrected chi connectivity index (χ3v) is 7.76. The summed E-state index contributed by atoms with van der Waals surface area (Å²) < 4.78 is 39.9. The van der Waals surface area contributed by atoms with Gasteiger partial charge in [0.15, 0.2) is 11.6 Å². The first-order valence-corrected chi connectivity index (χ1v) is 14.7. The maximum absolute atomic E-state index is 13.5. The molecule has 4 N–H and O–H groups in total. The van der Waals surface area contributed by atoms with Gasteiger partial charge in [-0.05, 0) is 54.4 Å². The molecule has 11 nitrogen and oxygen atoms in total. The second-order valence-electron chi connectivity index (χ2n) is 9.48. The van der Waals surface area contributed by atoms with Crippen LogP contribution in [0.15, 0.2) is 95.9 Å². The van der Waals surface area contributed by atoms with Crippen molar-refractivity contribution in [1.29, 1.82) is 0 Å². The molecule has 4 aromatic carbocycles. The number of sulfonamides is 1. The quantitative estimate of drug-likeness (QED) is 0.138. The monoisotopic (exact) mass is 615 g/mol. The van der Waals surface area contributed by atoms with Crippen molar-refractivity contribution in [3.05, 3.63) is 96.6 Å². The van der Waals surface area contributed by atoms with Gasteiger partial charge in [0.05, 0.1) is 30.1 Å². The van der Waals surface area contributed by atoms with Crippen molar-refractivity contribution in [3.63, 3.8) is 0 Å². The molecular weight excluding hydrogens is 582 g/mol. The van der Waals surface area contributed by atoms with E-state index >= 15 is 0 Å². The number of carbonyl (C=O) groups is 1. The van der Waals surface area contributed by atoms with E-state index in [0.717, 1.165) is 11.3 Å². The number of hydrogen-bond donors (Lipinski definition) is 4. The van der Waals surface area contributed by atoms with Crippen molar-refractivity contribution in [3.8, 4) is 17.2 Å². The van der Waals surface area contributed by atoms with Gasteiger partial charge < -0.3 is 25.2 Å². The minimum atomic E-state index is -4.17. The number of ether oxygens (including phenoxy) is 2. The summed E-state index contributed by atoms with van der Waals surface area (Å²) in [5.41, 5.74) is 2.71. The molecule has 0 aliphatic heterocycles. The van der Waals surface area contributed by atoms with Gasteiger partial charge in [-0.15, -0.1) is 0 Å². The first-order valence-electron chi connectivity index (χ1n) is 13.2. The molecule has 0 unspecified atom stereocenters. The van der Waals surface area contributed by atoms with Gasteiger partial charge in [0.2, 0.25) is 5.91 Å². The van der Waals surface area contributed by atoms with E-state index in [1.54, 1.807) is 43.5 Å². The Morgan fingerprint density at radius 1 is 0.795 bits per heavy atom. The largest absolute Gasteiger partial charge is 0.508 e. The van der Waals surface area contributed by atoms with E-state index in [2.05, 4.69) is 25.3 Å². The van der Waals surface area contributed by atoms with Crippen LogP contribution < -0.4 is 24.8 Å². The summed E-state index contributed by atoms with van der Waals surface area (Å²) in [6.45, 7) is 0. The summed E-state index contributed by atoms with van der Waals surface area (Å²) in [5, 5.41) is 15.9. The lowest BCUT2D eigenvalue weighted by molar-refractivity contribution is -0.116. The summed E-state index contributed by atoms with van der Waals surface area (Å²) in [4.78, 5) is 21.6. The van der Waals surface area contributed by atoms with E-state index in [0.29, 0.717) is 34.6 Å². The minimum Gasteiger partial charge on any atom is -0.508 e. The smallest absolute Gasteiger partial charge is 0.263 e. The Morgan fingerprint density at radius 2 is 1.48 bits per heavy atom. The summed E-state index contributed by atoms with van der Waals surface area (Å²) >= 11 is 0. The van der Waals surface area contributed by atoms with Gasteiger partial charge in [0, 0.05) is 36.0 Å². The number of fused-ring (bicyclic) bond motifs is 1. The van der Waals surface area contributed by atoms with E-state index < -0.39 is 10.0 Å². The van der Waals surface area contributed by atoms with E-state index in [1.807, 2.05) is 24.3 Å². The van der Waals surface area contributed by atoms with Crippen molar-refractivity contribution < 1.29 is 27.8 Å². The van der Waals surface area contributed by atoms with Crippen molar-refractivity contribution in [2.24, 2.45) is 0 Å². The molecule has 1 aromatic heterocycles. The predicted molar refractivity (Wildman–Crippen MR) is 171 cm³/mol. The van der Waals surface area contributed by atoms with Crippen molar-refractivity contribution in [2.45, 2.75) is 25.2 Å². The normalized spacial score (nSPS) is 10.9. The molecule has 0 spiro atoms. The second-order valence-corrected chi connectivity index (χ2v) is 11.2. The van der Waals surface area contributed by atoms with Crippen molar-refractivity contribution >= 4 is 50.0 Å². The van der Waals surface area contributed by atoms with Crippen LogP contribution in [0, 0.1) is 0 Å². The van der Waals surface area contributed by atoms with Crippen molar-refractivity contribution in [2.75, 3.05) is 29.6 Å². The highest BCUT2D eigenvalue weighted by Gasteiger charge is 2.20. The number of anilines is 4. The lowest BCUT2D eigenvalue weighted by Crippen LogP contribution is -2.17. The number of aromatic hydroxyl groups is 1. The highest BCUT2D eigenvalue weighted by atomic mass is 32.2. The Hall–Kier alpha value is -5.36. The number of amides is 1. The number of carbonyl (C=O) groups excluding carboxylic acids is 1. The number of methoxy groups -OCH3 is 2. The molecule has 0 saturated heterocycles. The lowest BCUT2D eigenvalue weighted by Gasteiger charge is -2.15. The first kappa shape index (κ1) is 31.6. The molecule has 0 aliphatic rings. The average molecular weight is 616 g/mol. The number of benzene rings is 4. The summed E-state index contributed by atoms with van der Waals surface area (Å²) in [6, 6.07) is 24.9. The number of phenolic OH excluding ortho intramolecular Hbond substituents is 1. The fourth-order valence-corrected chi connectivity index (χ4v) is 5.32. The van der Waals surface area contributed by atoms with Crippen LogP contribution in [0.2, 0.25) is 0 Å². The molecule has 5 rings (SSSR count). The van der Waals surface area contributed by atoms with Crippen LogP contribution in [0.1, 0.15) is 19.4 Å². The highest BCUT2D eigenvalue weighted by molar-refractivity contribution is 7.92. The number of nitrogens with zero attached hydrogens (tertiary/aromatic N) is 2. The fourth-order valence-electron chi connectivity index (χ4n) is 4.27. The van der Waals surface area contributed by atoms with Crippen LogP contribution in [0.4, 0.5) is 23.0 Å². The number of para-hydroxylation sites is 2. The number of phenols is 1. The molecule has 1 heterocycles. The average Bonchev–Trinajstić information content (AvgIpc) is 3.00.